The predicted octanol–water partition coefficient (Wildman–Crippen LogP) is 1.09. The Morgan fingerprint density at radius 3 is 1.90 bits per heavy atom. The third-order valence-electron chi connectivity index (χ3n) is 2.23. The normalized spacial score (nSPS) is 21.3. The molecule has 0 bridgehead atoms. The van der Waals surface area contributed by atoms with Gasteiger partial charge in [0.2, 0.25) is 0 Å². The number of ether oxygens (including phenoxy) is 1. The van der Waals surface area contributed by atoms with Crippen molar-refractivity contribution < 1.29 is 55.5 Å². The molecule has 0 aliphatic carbocycles. The van der Waals surface area contributed by atoms with Crippen molar-refractivity contribution in [2.45, 2.75) is 18.9 Å². The van der Waals surface area contributed by atoms with Gasteiger partial charge in [0, 0.05) is 7.11 Å². The molecular formula is C6H16FO11P3. The Labute approximate surface area is 119 Å². The molecule has 0 rings (SSSR count). The third-order valence-corrected chi connectivity index (χ3v) is 6.01. The zero-order chi connectivity index (χ0) is 16.9. The summed E-state index contributed by atoms with van der Waals surface area (Å²) in [6.07, 6.45) is 0.0375. The fourth-order valence-electron chi connectivity index (χ4n) is 0.995. The monoisotopic (exact) mass is 376 g/mol. The smallest absolute Gasteiger partial charge is 0.373 e. The molecule has 0 spiro atoms. The van der Waals surface area contributed by atoms with Gasteiger partial charge < -0.3 is 24.3 Å². The standard InChI is InChI=1S/C6H16FO11P3/c1-3-6(4-7,15-2)5-16-20(11,12)18-21(13,14)17-19(8,9)10/h3-5H2,1-2H3,(H,11,12)(H,13,14)(H2,8,9,10)/t6-/m1/s1. The van der Waals surface area contributed by atoms with E-state index in [1.807, 2.05) is 0 Å². The van der Waals surface area contributed by atoms with Crippen molar-refractivity contribution in [1.82, 2.24) is 0 Å². The van der Waals surface area contributed by atoms with Gasteiger partial charge in [0.05, 0.1) is 6.61 Å². The van der Waals surface area contributed by atoms with E-state index in [0.717, 1.165) is 7.11 Å². The molecule has 0 saturated heterocycles. The van der Waals surface area contributed by atoms with Gasteiger partial charge in [-0.2, -0.15) is 8.62 Å². The average Bonchev–Trinajstić information content (AvgIpc) is 2.26. The van der Waals surface area contributed by atoms with Crippen LogP contribution in [0.3, 0.4) is 0 Å². The first kappa shape index (κ1) is 21.3. The summed E-state index contributed by atoms with van der Waals surface area (Å²) in [5, 5.41) is 0. The van der Waals surface area contributed by atoms with E-state index in [9.17, 15) is 18.1 Å². The summed E-state index contributed by atoms with van der Waals surface area (Å²) in [5.74, 6) is 0. The van der Waals surface area contributed by atoms with Gasteiger partial charge in [-0.15, -0.1) is 0 Å². The zero-order valence-corrected chi connectivity index (χ0v) is 13.7. The van der Waals surface area contributed by atoms with Gasteiger partial charge in [0.1, 0.15) is 12.3 Å². The Morgan fingerprint density at radius 1 is 1.05 bits per heavy atom. The highest BCUT2D eigenvalue weighted by molar-refractivity contribution is 7.66. The quantitative estimate of drug-likeness (QED) is 0.403. The molecule has 4 N–H and O–H groups in total. The minimum atomic E-state index is -5.58. The van der Waals surface area contributed by atoms with Crippen LogP contribution in [0.25, 0.3) is 0 Å². The van der Waals surface area contributed by atoms with E-state index in [-0.39, 0.29) is 6.42 Å². The van der Waals surface area contributed by atoms with Crippen molar-refractivity contribution in [1.29, 1.82) is 0 Å². The molecule has 0 fully saturated rings. The summed E-state index contributed by atoms with van der Waals surface area (Å²) < 4.78 is 61.6. The molecule has 0 amide bonds. The van der Waals surface area contributed by atoms with Crippen molar-refractivity contribution in [3.63, 3.8) is 0 Å². The third kappa shape index (κ3) is 8.49. The molecule has 11 nitrogen and oxygen atoms in total. The first-order chi connectivity index (χ1) is 9.30. The number of phosphoric ester groups is 1. The van der Waals surface area contributed by atoms with Crippen LogP contribution < -0.4 is 0 Å². The zero-order valence-electron chi connectivity index (χ0n) is 11.0. The van der Waals surface area contributed by atoms with Crippen molar-refractivity contribution in [3.05, 3.63) is 0 Å². The van der Waals surface area contributed by atoms with Crippen LogP contribution in [-0.4, -0.2) is 45.6 Å². The first-order valence-electron chi connectivity index (χ1n) is 5.20. The molecule has 128 valence electrons. The minimum Gasteiger partial charge on any atom is -0.373 e. The van der Waals surface area contributed by atoms with Crippen LogP contribution in [0.5, 0.6) is 0 Å². The van der Waals surface area contributed by atoms with E-state index in [4.69, 9.17) is 24.3 Å². The van der Waals surface area contributed by atoms with E-state index in [2.05, 4.69) is 13.1 Å². The van der Waals surface area contributed by atoms with Gasteiger partial charge >= 0.3 is 23.5 Å². The Balaban J connectivity index is 4.82. The van der Waals surface area contributed by atoms with Crippen LogP contribution in [0, 0.1) is 0 Å². The number of rotatable bonds is 10. The maximum Gasteiger partial charge on any atom is 0.490 e. The van der Waals surface area contributed by atoms with Crippen molar-refractivity contribution in [3.8, 4) is 0 Å². The molecule has 0 radical (unpaired) electrons. The van der Waals surface area contributed by atoms with Crippen LogP contribution in [0.4, 0.5) is 4.39 Å². The Hall–Kier alpha value is 0.300. The summed E-state index contributed by atoms with van der Waals surface area (Å²) in [5.41, 5.74) is -1.58. The molecular weight excluding hydrogens is 360 g/mol. The lowest BCUT2D eigenvalue weighted by molar-refractivity contribution is -0.0670. The highest BCUT2D eigenvalue weighted by Gasteiger charge is 2.42. The van der Waals surface area contributed by atoms with Crippen LogP contribution in [0.1, 0.15) is 13.3 Å². The van der Waals surface area contributed by atoms with Crippen LogP contribution in [0.2, 0.25) is 0 Å². The van der Waals surface area contributed by atoms with E-state index in [0.29, 0.717) is 0 Å². The van der Waals surface area contributed by atoms with Crippen molar-refractivity contribution in [2.75, 3.05) is 20.4 Å². The highest BCUT2D eigenvalue weighted by atomic mass is 31.3. The van der Waals surface area contributed by atoms with Crippen LogP contribution in [0.15, 0.2) is 0 Å². The second kappa shape index (κ2) is 7.72. The highest BCUT2D eigenvalue weighted by Crippen LogP contribution is 2.66. The lowest BCUT2D eigenvalue weighted by Crippen LogP contribution is -2.38. The van der Waals surface area contributed by atoms with E-state index in [1.165, 1.54) is 6.92 Å². The summed E-state index contributed by atoms with van der Waals surface area (Å²) in [6, 6.07) is 0. The largest absolute Gasteiger partial charge is 0.490 e. The fourth-order valence-corrected chi connectivity index (χ4v) is 4.09. The molecule has 0 aliphatic rings. The van der Waals surface area contributed by atoms with Gasteiger partial charge in [-0.25, -0.2) is 18.1 Å². The molecule has 21 heavy (non-hydrogen) atoms. The van der Waals surface area contributed by atoms with E-state index >= 15 is 0 Å². The van der Waals surface area contributed by atoms with Gasteiger partial charge in [-0.3, -0.25) is 4.52 Å². The molecule has 0 saturated carbocycles. The molecule has 0 aliphatic heterocycles. The van der Waals surface area contributed by atoms with Crippen LogP contribution >= 0.6 is 23.5 Å². The van der Waals surface area contributed by atoms with Crippen molar-refractivity contribution in [2.24, 2.45) is 0 Å². The molecule has 0 heterocycles. The lowest BCUT2D eigenvalue weighted by atomic mass is 10.0. The van der Waals surface area contributed by atoms with Crippen molar-refractivity contribution >= 4 is 23.5 Å². The maximum absolute atomic E-state index is 12.8. The number of hydrogen-bond donors (Lipinski definition) is 4. The Kier molecular flexibility index (Phi) is 7.83. The number of phosphoric acid groups is 3. The van der Waals surface area contributed by atoms with Gasteiger partial charge in [-0.1, -0.05) is 6.92 Å². The lowest BCUT2D eigenvalue weighted by Gasteiger charge is -2.28. The number of hydrogen-bond acceptors (Lipinski definition) is 7. The molecule has 3 atom stereocenters. The average molecular weight is 376 g/mol. The summed E-state index contributed by atoms with van der Waals surface area (Å²) >= 11 is 0. The first-order valence-corrected chi connectivity index (χ1v) is 9.72. The van der Waals surface area contributed by atoms with Gasteiger partial charge in [-0.05, 0) is 6.42 Å². The second-order valence-electron chi connectivity index (χ2n) is 3.74. The number of methoxy groups -OCH3 is 1. The Bertz CT molecular complexity index is 462. The van der Waals surface area contributed by atoms with E-state index in [1.54, 1.807) is 0 Å². The minimum absolute atomic E-state index is 0.0375. The maximum atomic E-state index is 12.8. The van der Waals surface area contributed by atoms with Gasteiger partial charge in [0.25, 0.3) is 0 Å². The van der Waals surface area contributed by atoms with Crippen LogP contribution in [-0.2, 0) is 31.6 Å². The Morgan fingerprint density at radius 2 is 1.57 bits per heavy atom. The SMILES string of the molecule is CC[C@@](CF)(COP(=O)(O)OP(=O)(O)OP(=O)(O)O)OC. The second-order valence-corrected chi connectivity index (χ2v) is 8.16. The number of alkyl halides is 1. The fraction of sp³-hybridized carbons (Fsp3) is 1.00. The summed E-state index contributed by atoms with van der Waals surface area (Å²) in [6.45, 7) is -0.417. The molecule has 15 heteroatoms. The molecule has 2 unspecified atom stereocenters. The predicted molar refractivity (Wildman–Crippen MR) is 65.8 cm³/mol. The summed E-state index contributed by atoms with van der Waals surface area (Å²) in [4.78, 5) is 34.7. The van der Waals surface area contributed by atoms with Gasteiger partial charge in [0.15, 0.2) is 0 Å². The molecule has 0 aromatic rings. The number of halogens is 1. The summed E-state index contributed by atoms with van der Waals surface area (Å²) in [7, 11) is -15.2. The molecule has 0 aromatic heterocycles. The topological polar surface area (TPSA) is 169 Å². The van der Waals surface area contributed by atoms with E-state index < -0.39 is 42.4 Å². The molecule has 0 aromatic carbocycles.